The van der Waals surface area contributed by atoms with Gasteiger partial charge in [0, 0.05) is 11.1 Å². The Balaban J connectivity index is 2.50. The van der Waals surface area contributed by atoms with Crippen LogP contribution in [0.4, 0.5) is 13.2 Å². The van der Waals surface area contributed by atoms with Crippen molar-refractivity contribution in [2.24, 2.45) is 5.73 Å². The first kappa shape index (κ1) is 12.0. The lowest BCUT2D eigenvalue weighted by Gasteiger charge is -2.39. The number of aromatic hydroxyl groups is 2. The number of rotatable bonds is 1. The largest absolute Gasteiger partial charge is 0.504 e. The van der Waals surface area contributed by atoms with Crippen LogP contribution in [0.25, 0.3) is 0 Å². The fourth-order valence-electron chi connectivity index (χ4n) is 2.04. The molecule has 17 heavy (non-hydrogen) atoms. The molecule has 0 heterocycles. The highest BCUT2D eigenvalue weighted by molar-refractivity contribution is 5.54. The molecule has 0 unspecified atom stereocenters. The third-order valence-electron chi connectivity index (χ3n) is 3.24. The summed E-state index contributed by atoms with van der Waals surface area (Å²) >= 11 is 0. The topological polar surface area (TPSA) is 66.5 Å². The second kappa shape index (κ2) is 3.53. The summed E-state index contributed by atoms with van der Waals surface area (Å²) in [7, 11) is 0. The number of halogens is 3. The van der Waals surface area contributed by atoms with E-state index in [2.05, 4.69) is 0 Å². The molecule has 0 amide bonds. The van der Waals surface area contributed by atoms with Gasteiger partial charge in [0.2, 0.25) is 0 Å². The molecule has 0 bridgehead atoms. The zero-order valence-corrected chi connectivity index (χ0v) is 8.88. The standard InChI is InChI=1S/C11H12F3NO2/c12-11(13,14)7-3-2-6(8(16)9(7)17)10(15)4-1-5-10/h2-3,16-17H,1,4-5,15H2. The summed E-state index contributed by atoms with van der Waals surface area (Å²) in [4.78, 5) is 0. The Bertz CT molecular complexity index is 453. The quantitative estimate of drug-likeness (QED) is 0.668. The Morgan fingerprint density at radius 1 is 1.12 bits per heavy atom. The van der Waals surface area contributed by atoms with E-state index in [0.717, 1.165) is 18.6 Å². The first-order chi connectivity index (χ1) is 7.76. The van der Waals surface area contributed by atoms with Crippen molar-refractivity contribution in [3.05, 3.63) is 23.3 Å². The highest BCUT2D eigenvalue weighted by Crippen LogP contribution is 2.48. The fourth-order valence-corrected chi connectivity index (χ4v) is 2.04. The average Bonchev–Trinajstić information content (AvgIpc) is 2.16. The van der Waals surface area contributed by atoms with Crippen LogP contribution in [0, 0.1) is 0 Å². The van der Waals surface area contributed by atoms with Gasteiger partial charge in [0.25, 0.3) is 0 Å². The molecule has 1 aliphatic rings. The second-order valence-corrected chi connectivity index (χ2v) is 4.37. The molecule has 2 rings (SSSR count). The molecule has 3 nitrogen and oxygen atoms in total. The van der Waals surface area contributed by atoms with Gasteiger partial charge in [0.1, 0.15) is 5.56 Å². The summed E-state index contributed by atoms with van der Waals surface area (Å²) in [5.74, 6) is -1.91. The van der Waals surface area contributed by atoms with Crippen molar-refractivity contribution in [3.63, 3.8) is 0 Å². The van der Waals surface area contributed by atoms with Gasteiger partial charge in [-0.05, 0) is 25.3 Å². The minimum atomic E-state index is -4.69. The van der Waals surface area contributed by atoms with Crippen LogP contribution in [0.5, 0.6) is 11.5 Å². The van der Waals surface area contributed by atoms with Gasteiger partial charge in [-0.2, -0.15) is 13.2 Å². The minimum absolute atomic E-state index is 0.175. The van der Waals surface area contributed by atoms with Crippen molar-refractivity contribution < 1.29 is 23.4 Å². The van der Waals surface area contributed by atoms with E-state index in [-0.39, 0.29) is 5.56 Å². The van der Waals surface area contributed by atoms with Gasteiger partial charge in [0.05, 0.1) is 0 Å². The van der Waals surface area contributed by atoms with E-state index < -0.39 is 28.8 Å². The summed E-state index contributed by atoms with van der Waals surface area (Å²) in [5.41, 5.74) is 4.01. The highest BCUT2D eigenvalue weighted by Gasteiger charge is 2.41. The summed E-state index contributed by atoms with van der Waals surface area (Å²) in [5, 5.41) is 19.0. The molecule has 0 saturated heterocycles. The second-order valence-electron chi connectivity index (χ2n) is 4.37. The van der Waals surface area contributed by atoms with Crippen LogP contribution < -0.4 is 5.73 Å². The van der Waals surface area contributed by atoms with Crippen molar-refractivity contribution in [3.8, 4) is 11.5 Å². The molecule has 0 spiro atoms. The molecule has 1 aliphatic carbocycles. The van der Waals surface area contributed by atoms with Crippen LogP contribution in [0.2, 0.25) is 0 Å². The number of phenols is 2. The minimum Gasteiger partial charge on any atom is -0.504 e. The van der Waals surface area contributed by atoms with E-state index in [1.807, 2.05) is 0 Å². The number of nitrogens with two attached hydrogens (primary N) is 1. The van der Waals surface area contributed by atoms with E-state index in [1.165, 1.54) is 0 Å². The number of hydrogen-bond donors (Lipinski definition) is 3. The fraction of sp³-hybridized carbons (Fsp3) is 0.455. The molecule has 0 atom stereocenters. The normalized spacial score (nSPS) is 18.8. The molecule has 1 aromatic rings. The lowest BCUT2D eigenvalue weighted by atomic mass is 9.72. The molecular formula is C11H12F3NO2. The number of benzene rings is 1. The SMILES string of the molecule is NC1(c2ccc(C(F)(F)F)c(O)c2O)CCC1. The first-order valence-electron chi connectivity index (χ1n) is 5.17. The summed E-state index contributed by atoms with van der Waals surface area (Å²) in [6.07, 6.45) is -2.66. The lowest BCUT2D eigenvalue weighted by Crippen LogP contribution is -2.43. The van der Waals surface area contributed by atoms with E-state index in [0.29, 0.717) is 12.8 Å². The molecule has 0 aliphatic heterocycles. The Morgan fingerprint density at radius 3 is 2.12 bits per heavy atom. The van der Waals surface area contributed by atoms with Crippen LogP contribution in [0.1, 0.15) is 30.4 Å². The highest BCUT2D eigenvalue weighted by atomic mass is 19.4. The molecule has 1 saturated carbocycles. The third kappa shape index (κ3) is 1.82. The Labute approximate surface area is 95.7 Å². The van der Waals surface area contributed by atoms with E-state index >= 15 is 0 Å². The average molecular weight is 247 g/mol. The van der Waals surface area contributed by atoms with Crippen molar-refractivity contribution in [2.45, 2.75) is 31.0 Å². The molecule has 6 heteroatoms. The molecule has 0 radical (unpaired) electrons. The predicted molar refractivity (Wildman–Crippen MR) is 54.5 cm³/mol. The summed E-state index contributed by atoms with van der Waals surface area (Å²) < 4.78 is 37.4. The Morgan fingerprint density at radius 2 is 1.71 bits per heavy atom. The van der Waals surface area contributed by atoms with Crippen molar-refractivity contribution in [1.29, 1.82) is 0 Å². The third-order valence-corrected chi connectivity index (χ3v) is 3.24. The van der Waals surface area contributed by atoms with Gasteiger partial charge in [-0.3, -0.25) is 0 Å². The molecule has 94 valence electrons. The van der Waals surface area contributed by atoms with Gasteiger partial charge < -0.3 is 15.9 Å². The van der Waals surface area contributed by atoms with Gasteiger partial charge >= 0.3 is 6.18 Å². The smallest absolute Gasteiger partial charge is 0.420 e. The van der Waals surface area contributed by atoms with Crippen LogP contribution in [0.3, 0.4) is 0 Å². The van der Waals surface area contributed by atoms with Crippen LogP contribution in [-0.4, -0.2) is 10.2 Å². The van der Waals surface area contributed by atoms with Gasteiger partial charge in [-0.25, -0.2) is 0 Å². The number of phenolic OH excluding ortho intramolecular Hbond substituents is 2. The van der Waals surface area contributed by atoms with Gasteiger partial charge in [-0.1, -0.05) is 6.07 Å². The van der Waals surface area contributed by atoms with Crippen LogP contribution >= 0.6 is 0 Å². The van der Waals surface area contributed by atoms with E-state index in [9.17, 15) is 23.4 Å². The van der Waals surface area contributed by atoms with Gasteiger partial charge in [0.15, 0.2) is 11.5 Å². The number of alkyl halides is 3. The monoisotopic (exact) mass is 247 g/mol. The van der Waals surface area contributed by atoms with Crippen molar-refractivity contribution >= 4 is 0 Å². The maximum atomic E-state index is 12.5. The first-order valence-corrected chi connectivity index (χ1v) is 5.17. The molecule has 1 fully saturated rings. The lowest BCUT2D eigenvalue weighted by molar-refractivity contribution is -0.138. The van der Waals surface area contributed by atoms with Crippen molar-refractivity contribution in [2.75, 3.05) is 0 Å². The molecular weight excluding hydrogens is 235 g/mol. The zero-order valence-electron chi connectivity index (χ0n) is 8.88. The predicted octanol–water partition coefficient (Wildman–Crippen LogP) is 2.45. The van der Waals surface area contributed by atoms with E-state index in [4.69, 9.17) is 5.73 Å². The van der Waals surface area contributed by atoms with Crippen LogP contribution in [0.15, 0.2) is 12.1 Å². The molecule has 0 aromatic heterocycles. The summed E-state index contributed by atoms with van der Waals surface area (Å²) in [6, 6.07) is 1.88. The van der Waals surface area contributed by atoms with Crippen molar-refractivity contribution in [1.82, 2.24) is 0 Å². The Hall–Kier alpha value is -1.43. The van der Waals surface area contributed by atoms with Gasteiger partial charge in [-0.15, -0.1) is 0 Å². The summed E-state index contributed by atoms with van der Waals surface area (Å²) in [6.45, 7) is 0. The maximum Gasteiger partial charge on any atom is 0.420 e. The Kier molecular flexibility index (Phi) is 2.50. The molecule has 4 N–H and O–H groups in total. The maximum absolute atomic E-state index is 12.5. The number of hydrogen-bond acceptors (Lipinski definition) is 3. The van der Waals surface area contributed by atoms with E-state index in [1.54, 1.807) is 0 Å². The molecule has 1 aromatic carbocycles. The van der Waals surface area contributed by atoms with Crippen LogP contribution in [-0.2, 0) is 11.7 Å². The zero-order chi connectivity index (χ0) is 12.8.